The first kappa shape index (κ1) is 37.6. The summed E-state index contributed by atoms with van der Waals surface area (Å²) in [7, 11) is 1.64. The minimum Gasteiger partial charge on any atom is -0.388 e. The van der Waals surface area contributed by atoms with Crippen LogP contribution in [-0.2, 0) is 0 Å². The van der Waals surface area contributed by atoms with Crippen LogP contribution in [0.1, 0.15) is 136 Å². The minimum atomic E-state index is -0.0754. The molecule has 0 spiro atoms. The van der Waals surface area contributed by atoms with E-state index >= 15 is 0 Å². The molecule has 0 aromatic heterocycles. The van der Waals surface area contributed by atoms with E-state index in [-0.39, 0.29) is 12.0 Å². The molecule has 0 aliphatic heterocycles. The Balaban J connectivity index is -0.000000443. The molecule has 0 aliphatic rings. The van der Waals surface area contributed by atoms with Gasteiger partial charge >= 0.3 is 6.03 Å². The van der Waals surface area contributed by atoms with E-state index in [2.05, 4.69) is 36.4 Å². The number of nitrogens with two attached hydrogens (primary N) is 3. The zero-order valence-corrected chi connectivity index (χ0v) is 23.7. The van der Waals surface area contributed by atoms with Crippen molar-refractivity contribution < 1.29 is 4.79 Å². The molecule has 0 unspecified atom stereocenters. The molecule has 35 heavy (non-hydrogen) atoms. The number of hydrogen-bond acceptors (Lipinski definition) is 3. The molecule has 0 atom stereocenters. The van der Waals surface area contributed by atoms with Gasteiger partial charge in [-0.1, -0.05) is 111 Å². The van der Waals surface area contributed by atoms with Crippen LogP contribution in [0.25, 0.3) is 0 Å². The van der Waals surface area contributed by atoms with Crippen molar-refractivity contribution in [3.8, 4) is 0 Å². The zero-order valence-electron chi connectivity index (χ0n) is 23.7. The Bertz CT molecular complexity index is 466. The summed E-state index contributed by atoms with van der Waals surface area (Å²) in [5.74, 6) is 0.542. The summed E-state index contributed by atoms with van der Waals surface area (Å²) in [5, 5.41) is 12.3. The van der Waals surface area contributed by atoms with Crippen LogP contribution in [0.2, 0.25) is 0 Å². The number of amidine groups is 1. The van der Waals surface area contributed by atoms with Crippen LogP contribution in [0, 0.1) is 5.41 Å². The molecule has 8 heteroatoms. The first-order valence-corrected chi connectivity index (χ1v) is 14.2. The number of amides is 2. The normalized spacial score (nSPS) is 9.71. The Labute approximate surface area is 217 Å². The molecule has 0 aromatic rings. The fourth-order valence-electron chi connectivity index (χ4n) is 3.21. The highest BCUT2D eigenvalue weighted by atomic mass is 16.2. The number of carbonyl (C=O) groups is 1. The lowest BCUT2D eigenvalue weighted by atomic mass is 10.1. The van der Waals surface area contributed by atoms with E-state index in [4.69, 9.17) is 22.6 Å². The SMILES string of the molecule is CCCCCCCC(=N)N.CCCCCCCCN=C(N)N.CCCCCCCCNC(=O)NC. The van der Waals surface area contributed by atoms with E-state index in [1.54, 1.807) is 7.05 Å². The predicted octanol–water partition coefficient (Wildman–Crippen LogP) is 6.18. The molecule has 0 saturated heterocycles. The second-order valence-corrected chi connectivity index (χ2v) is 9.04. The highest BCUT2D eigenvalue weighted by Crippen LogP contribution is 2.05. The Morgan fingerprint density at radius 1 is 0.686 bits per heavy atom. The van der Waals surface area contributed by atoms with Gasteiger partial charge in [0, 0.05) is 26.6 Å². The van der Waals surface area contributed by atoms with Crippen LogP contribution < -0.4 is 27.8 Å². The Morgan fingerprint density at radius 2 is 1.11 bits per heavy atom. The van der Waals surface area contributed by atoms with Gasteiger partial charge in [-0.25, -0.2) is 4.79 Å². The van der Waals surface area contributed by atoms with E-state index in [9.17, 15) is 4.79 Å². The maximum Gasteiger partial charge on any atom is 0.314 e. The number of carbonyl (C=O) groups excluding carboxylic acids is 1. The summed E-state index contributed by atoms with van der Waals surface area (Å²) in [6.07, 6.45) is 22.2. The van der Waals surface area contributed by atoms with Crippen LogP contribution in [0.4, 0.5) is 4.79 Å². The Hall–Kier alpha value is -1.99. The van der Waals surface area contributed by atoms with Gasteiger partial charge in [0.25, 0.3) is 0 Å². The summed E-state index contributed by atoms with van der Waals surface area (Å²) >= 11 is 0. The number of hydrogen-bond donors (Lipinski definition) is 6. The van der Waals surface area contributed by atoms with Gasteiger partial charge in [-0.3, -0.25) is 10.4 Å². The molecule has 2 amide bonds. The number of guanidine groups is 1. The van der Waals surface area contributed by atoms with Crippen LogP contribution in [0.3, 0.4) is 0 Å². The largest absolute Gasteiger partial charge is 0.388 e. The minimum absolute atomic E-state index is 0.0754. The maximum atomic E-state index is 10.7. The maximum absolute atomic E-state index is 10.7. The third-order valence-corrected chi connectivity index (χ3v) is 5.40. The molecule has 0 aliphatic carbocycles. The fraction of sp³-hybridized carbons (Fsp3) is 0.889. The van der Waals surface area contributed by atoms with Crippen LogP contribution >= 0.6 is 0 Å². The number of nitrogens with one attached hydrogen (secondary N) is 3. The quantitative estimate of drug-likeness (QED) is 0.0671. The van der Waals surface area contributed by atoms with E-state index in [0.717, 1.165) is 38.8 Å². The van der Waals surface area contributed by atoms with Crippen LogP contribution in [0.5, 0.6) is 0 Å². The lowest BCUT2D eigenvalue weighted by Crippen LogP contribution is -2.33. The third kappa shape index (κ3) is 46.1. The highest BCUT2D eigenvalue weighted by Gasteiger charge is 1.94. The Morgan fingerprint density at radius 3 is 1.54 bits per heavy atom. The molecule has 9 N–H and O–H groups in total. The molecule has 0 saturated carbocycles. The summed E-state index contributed by atoms with van der Waals surface area (Å²) in [6, 6.07) is -0.0754. The fourth-order valence-corrected chi connectivity index (χ4v) is 3.21. The van der Waals surface area contributed by atoms with Crippen molar-refractivity contribution in [3.63, 3.8) is 0 Å². The molecule has 0 rings (SSSR count). The topological polar surface area (TPSA) is 155 Å². The lowest BCUT2D eigenvalue weighted by Gasteiger charge is -2.03. The second-order valence-electron chi connectivity index (χ2n) is 9.04. The van der Waals surface area contributed by atoms with Crippen molar-refractivity contribution in [3.05, 3.63) is 0 Å². The number of urea groups is 1. The average Bonchev–Trinajstić information content (AvgIpc) is 2.83. The van der Waals surface area contributed by atoms with Crippen LogP contribution in [0.15, 0.2) is 4.99 Å². The molecular formula is C27H61N7O. The number of nitrogens with zero attached hydrogens (tertiary/aromatic N) is 1. The summed E-state index contributed by atoms with van der Waals surface area (Å²) in [4.78, 5) is 14.6. The van der Waals surface area contributed by atoms with Crippen molar-refractivity contribution in [2.75, 3.05) is 20.1 Å². The number of rotatable bonds is 20. The first-order chi connectivity index (χ1) is 16.8. The zero-order chi connectivity index (χ0) is 27.0. The van der Waals surface area contributed by atoms with Gasteiger partial charge < -0.3 is 27.8 Å². The molecular weight excluding hydrogens is 438 g/mol. The Kier molecular flexibility index (Phi) is 36.7. The highest BCUT2D eigenvalue weighted by molar-refractivity contribution is 5.76. The van der Waals surface area contributed by atoms with Crippen molar-refractivity contribution in [2.24, 2.45) is 22.2 Å². The van der Waals surface area contributed by atoms with E-state index in [1.165, 1.54) is 89.9 Å². The molecule has 0 radical (unpaired) electrons. The van der Waals surface area contributed by atoms with Gasteiger partial charge in [0.1, 0.15) is 0 Å². The first-order valence-electron chi connectivity index (χ1n) is 14.2. The summed E-state index contributed by atoms with van der Waals surface area (Å²) < 4.78 is 0. The molecule has 0 fully saturated rings. The van der Waals surface area contributed by atoms with Gasteiger partial charge in [-0.2, -0.15) is 0 Å². The lowest BCUT2D eigenvalue weighted by molar-refractivity contribution is 0.242. The molecule has 0 bridgehead atoms. The summed E-state index contributed by atoms with van der Waals surface area (Å²) in [5.41, 5.74) is 15.6. The van der Waals surface area contributed by atoms with Gasteiger partial charge in [0.2, 0.25) is 0 Å². The summed E-state index contributed by atoms with van der Waals surface area (Å²) in [6.45, 7) is 8.22. The second kappa shape index (κ2) is 34.2. The number of unbranched alkanes of at least 4 members (excludes halogenated alkanes) is 14. The van der Waals surface area contributed by atoms with E-state index in [0.29, 0.717) is 5.84 Å². The van der Waals surface area contributed by atoms with E-state index < -0.39 is 0 Å². The standard InChI is InChI=1S/C10H22N2O.C9H21N3.C8H18N2/c1-3-4-5-6-7-8-9-12-10(13)11-2;1-2-3-4-5-6-7-8-12-9(10)11;1-2-3-4-5-6-7-8(9)10/h3-9H2,1-2H3,(H2,11,12,13);2-8H2,1H3,(H4,10,11,12);2-7H2,1H3,(H3,9,10). The smallest absolute Gasteiger partial charge is 0.314 e. The monoisotopic (exact) mass is 499 g/mol. The molecule has 210 valence electrons. The predicted molar refractivity (Wildman–Crippen MR) is 155 cm³/mol. The van der Waals surface area contributed by atoms with Gasteiger partial charge in [0.15, 0.2) is 5.96 Å². The van der Waals surface area contributed by atoms with Crippen molar-refractivity contribution in [2.45, 2.75) is 136 Å². The molecule has 0 heterocycles. The van der Waals surface area contributed by atoms with Gasteiger partial charge in [0.05, 0.1) is 5.84 Å². The van der Waals surface area contributed by atoms with Gasteiger partial charge in [-0.15, -0.1) is 0 Å². The van der Waals surface area contributed by atoms with Gasteiger partial charge in [-0.05, 0) is 19.3 Å². The molecule has 0 aromatic carbocycles. The van der Waals surface area contributed by atoms with Crippen molar-refractivity contribution in [1.29, 1.82) is 5.41 Å². The molecule has 8 nitrogen and oxygen atoms in total. The average molecular weight is 500 g/mol. The third-order valence-electron chi connectivity index (χ3n) is 5.40. The van der Waals surface area contributed by atoms with Crippen LogP contribution in [-0.4, -0.2) is 38.0 Å². The van der Waals surface area contributed by atoms with Crippen molar-refractivity contribution >= 4 is 17.8 Å². The number of aliphatic imine (C=N–C) groups is 1. The van der Waals surface area contributed by atoms with Crippen molar-refractivity contribution in [1.82, 2.24) is 10.6 Å². The van der Waals surface area contributed by atoms with E-state index in [1.807, 2.05) is 0 Å².